The Kier molecular flexibility index (Phi) is 4.73. The highest BCUT2D eigenvalue weighted by Crippen LogP contribution is 2.28. The van der Waals surface area contributed by atoms with E-state index in [2.05, 4.69) is 20.6 Å². The lowest BCUT2D eigenvalue weighted by Gasteiger charge is -2.08. The molecule has 7 nitrogen and oxygen atoms in total. The van der Waals surface area contributed by atoms with Gasteiger partial charge < -0.3 is 15.5 Å². The van der Waals surface area contributed by atoms with Gasteiger partial charge in [0.1, 0.15) is 0 Å². The van der Waals surface area contributed by atoms with Gasteiger partial charge in [0, 0.05) is 18.7 Å². The van der Waals surface area contributed by atoms with Gasteiger partial charge >= 0.3 is 0 Å². The Morgan fingerprint density at radius 1 is 1.45 bits per heavy atom. The van der Waals surface area contributed by atoms with Crippen molar-refractivity contribution in [1.29, 1.82) is 0 Å². The number of amides is 2. The smallest absolute Gasteiger partial charge is 0.243 e. The van der Waals surface area contributed by atoms with Gasteiger partial charge in [-0.05, 0) is 26.9 Å². The largest absolute Gasteiger partial charge is 0.347 e. The van der Waals surface area contributed by atoms with E-state index in [0.717, 1.165) is 25.9 Å². The molecule has 0 radical (unpaired) electrons. The molecule has 1 aromatic rings. The number of anilines is 1. The van der Waals surface area contributed by atoms with Crippen LogP contribution in [0.5, 0.6) is 0 Å². The van der Waals surface area contributed by atoms with E-state index in [-0.39, 0.29) is 24.3 Å². The lowest BCUT2D eigenvalue weighted by Crippen LogP contribution is -2.33. The summed E-state index contributed by atoms with van der Waals surface area (Å²) in [6.45, 7) is 1.66. The van der Waals surface area contributed by atoms with Gasteiger partial charge in [-0.2, -0.15) is 5.10 Å². The fourth-order valence-corrected chi connectivity index (χ4v) is 1.72. The maximum Gasteiger partial charge on any atom is 0.243 e. The number of nitrogens with zero attached hydrogens (tertiary/aromatic N) is 3. The lowest BCUT2D eigenvalue weighted by molar-refractivity contribution is -0.125. The van der Waals surface area contributed by atoms with Crippen molar-refractivity contribution in [2.45, 2.75) is 19.4 Å². The second kappa shape index (κ2) is 6.51. The Hall–Kier alpha value is -1.89. The van der Waals surface area contributed by atoms with Crippen LogP contribution in [-0.4, -0.2) is 53.7 Å². The van der Waals surface area contributed by atoms with Gasteiger partial charge in [0.2, 0.25) is 11.8 Å². The first-order valence-corrected chi connectivity index (χ1v) is 6.79. The normalized spacial score (nSPS) is 14.3. The molecule has 0 saturated heterocycles. The van der Waals surface area contributed by atoms with Crippen molar-refractivity contribution in [3.8, 4) is 0 Å². The zero-order valence-corrected chi connectivity index (χ0v) is 11.9. The summed E-state index contributed by atoms with van der Waals surface area (Å²) in [5, 5.41) is 9.50. The van der Waals surface area contributed by atoms with E-state index in [1.54, 1.807) is 17.1 Å². The second-order valence-corrected chi connectivity index (χ2v) is 5.34. The standard InChI is InChI=1S/C13H21N5O2/c1-17(2)5-6-18-9-11(7-15-18)16-12(19)8-14-13(20)10-3-4-10/h7,9-10H,3-6,8H2,1-2H3,(H,14,20)(H,16,19). The molecule has 1 aromatic heterocycles. The molecule has 0 bridgehead atoms. The van der Waals surface area contributed by atoms with Crippen LogP contribution in [0.2, 0.25) is 0 Å². The molecule has 0 atom stereocenters. The average Bonchev–Trinajstić information content (AvgIpc) is 3.15. The van der Waals surface area contributed by atoms with Crippen molar-refractivity contribution in [1.82, 2.24) is 20.0 Å². The summed E-state index contributed by atoms with van der Waals surface area (Å²) < 4.78 is 1.78. The zero-order valence-electron chi connectivity index (χ0n) is 11.9. The van der Waals surface area contributed by atoms with E-state index < -0.39 is 0 Å². The number of likely N-dealkylation sites (N-methyl/N-ethyl adjacent to an activating group) is 1. The Labute approximate surface area is 118 Å². The number of rotatable bonds is 7. The fourth-order valence-electron chi connectivity index (χ4n) is 1.72. The molecular weight excluding hydrogens is 258 g/mol. The van der Waals surface area contributed by atoms with E-state index in [0.29, 0.717) is 5.69 Å². The second-order valence-electron chi connectivity index (χ2n) is 5.34. The van der Waals surface area contributed by atoms with Crippen LogP contribution in [0.4, 0.5) is 5.69 Å². The Balaban J connectivity index is 1.71. The predicted molar refractivity (Wildman–Crippen MR) is 75.1 cm³/mol. The maximum atomic E-state index is 11.7. The minimum absolute atomic E-state index is 0.0121. The van der Waals surface area contributed by atoms with E-state index in [1.165, 1.54) is 0 Å². The summed E-state index contributed by atoms with van der Waals surface area (Å²) in [5.74, 6) is -0.135. The molecule has 1 aliphatic carbocycles. The van der Waals surface area contributed by atoms with E-state index in [9.17, 15) is 9.59 Å². The number of carbonyl (C=O) groups is 2. The molecule has 2 N–H and O–H groups in total. The topological polar surface area (TPSA) is 79.3 Å². The van der Waals surface area contributed by atoms with Crippen LogP contribution >= 0.6 is 0 Å². The molecule has 20 heavy (non-hydrogen) atoms. The lowest BCUT2D eigenvalue weighted by atomic mass is 10.4. The molecule has 1 heterocycles. The van der Waals surface area contributed by atoms with Crippen LogP contribution in [0, 0.1) is 5.92 Å². The van der Waals surface area contributed by atoms with Crippen LogP contribution in [0.3, 0.4) is 0 Å². The van der Waals surface area contributed by atoms with Crippen molar-refractivity contribution < 1.29 is 9.59 Å². The van der Waals surface area contributed by atoms with Crippen LogP contribution in [-0.2, 0) is 16.1 Å². The first-order chi connectivity index (χ1) is 9.54. The highest BCUT2D eigenvalue weighted by atomic mass is 16.2. The maximum absolute atomic E-state index is 11.7. The minimum Gasteiger partial charge on any atom is -0.347 e. The van der Waals surface area contributed by atoms with Gasteiger partial charge in [-0.3, -0.25) is 14.3 Å². The molecule has 1 saturated carbocycles. The summed E-state index contributed by atoms with van der Waals surface area (Å²) in [6, 6.07) is 0. The van der Waals surface area contributed by atoms with Gasteiger partial charge in [-0.25, -0.2) is 0 Å². The molecule has 110 valence electrons. The summed E-state index contributed by atoms with van der Waals surface area (Å²) in [6.07, 6.45) is 5.26. The fraction of sp³-hybridized carbons (Fsp3) is 0.615. The third kappa shape index (κ3) is 4.65. The Morgan fingerprint density at radius 2 is 2.20 bits per heavy atom. The Bertz CT molecular complexity index is 479. The van der Waals surface area contributed by atoms with Crippen molar-refractivity contribution in [3.05, 3.63) is 12.4 Å². The average molecular weight is 279 g/mol. The summed E-state index contributed by atoms with van der Waals surface area (Å²) >= 11 is 0. The molecular formula is C13H21N5O2. The van der Waals surface area contributed by atoms with Crippen LogP contribution in [0.15, 0.2) is 12.4 Å². The highest BCUT2D eigenvalue weighted by Gasteiger charge is 2.29. The quantitative estimate of drug-likeness (QED) is 0.731. The molecule has 2 rings (SSSR count). The van der Waals surface area contributed by atoms with Crippen molar-refractivity contribution in [2.75, 3.05) is 32.5 Å². The molecule has 1 aliphatic rings. The first kappa shape index (κ1) is 14.5. The number of nitrogens with one attached hydrogen (secondary N) is 2. The number of hydrogen-bond donors (Lipinski definition) is 2. The summed E-state index contributed by atoms with van der Waals surface area (Å²) in [7, 11) is 3.99. The molecule has 0 spiro atoms. The summed E-state index contributed by atoms with van der Waals surface area (Å²) in [5.41, 5.74) is 0.648. The van der Waals surface area contributed by atoms with E-state index >= 15 is 0 Å². The van der Waals surface area contributed by atoms with Gasteiger partial charge in [0.05, 0.1) is 25.0 Å². The zero-order chi connectivity index (χ0) is 14.5. The molecule has 7 heteroatoms. The third-order valence-corrected chi connectivity index (χ3v) is 3.06. The van der Waals surface area contributed by atoms with Gasteiger partial charge in [-0.15, -0.1) is 0 Å². The number of hydrogen-bond acceptors (Lipinski definition) is 4. The predicted octanol–water partition coefficient (Wildman–Crippen LogP) is -0.0906. The van der Waals surface area contributed by atoms with Gasteiger partial charge in [0.25, 0.3) is 0 Å². The van der Waals surface area contributed by atoms with Gasteiger partial charge in [-0.1, -0.05) is 0 Å². The van der Waals surface area contributed by atoms with E-state index in [4.69, 9.17) is 0 Å². The van der Waals surface area contributed by atoms with Crippen molar-refractivity contribution >= 4 is 17.5 Å². The third-order valence-electron chi connectivity index (χ3n) is 3.06. The first-order valence-electron chi connectivity index (χ1n) is 6.79. The van der Waals surface area contributed by atoms with Gasteiger partial charge in [0.15, 0.2) is 0 Å². The minimum atomic E-state index is -0.230. The van der Waals surface area contributed by atoms with Crippen molar-refractivity contribution in [3.63, 3.8) is 0 Å². The Morgan fingerprint density at radius 3 is 2.85 bits per heavy atom. The molecule has 0 aliphatic heterocycles. The molecule has 0 aromatic carbocycles. The SMILES string of the molecule is CN(C)CCn1cc(NC(=O)CNC(=O)C2CC2)cn1. The number of carbonyl (C=O) groups excluding carboxylic acids is 2. The van der Waals surface area contributed by atoms with Crippen LogP contribution in [0.1, 0.15) is 12.8 Å². The summed E-state index contributed by atoms with van der Waals surface area (Å²) in [4.78, 5) is 25.1. The van der Waals surface area contributed by atoms with Crippen LogP contribution < -0.4 is 10.6 Å². The van der Waals surface area contributed by atoms with E-state index in [1.807, 2.05) is 14.1 Å². The molecule has 2 amide bonds. The number of aromatic nitrogens is 2. The van der Waals surface area contributed by atoms with Crippen molar-refractivity contribution in [2.24, 2.45) is 5.92 Å². The molecule has 1 fully saturated rings. The molecule has 0 unspecified atom stereocenters. The highest BCUT2D eigenvalue weighted by molar-refractivity contribution is 5.94. The van der Waals surface area contributed by atoms with Crippen LogP contribution in [0.25, 0.3) is 0 Å². The monoisotopic (exact) mass is 279 g/mol.